The van der Waals surface area contributed by atoms with Crippen LogP contribution < -0.4 is 4.74 Å². The van der Waals surface area contributed by atoms with Crippen LogP contribution in [0.3, 0.4) is 0 Å². The van der Waals surface area contributed by atoms with Gasteiger partial charge in [-0.15, -0.1) is 0 Å². The van der Waals surface area contributed by atoms with Gasteiger partial charge in [-0.25, -0.2) is 18.6 Å². The number of aromatic nitrogens is 2. The molecule has 1 aliphatic rings. The molecule has 1 aromatic heterocycles. The summed E-state index contributed by atoms with van der Waals surface area (Å²) in [6.45, 7) is 0.182. The van der Waals surface area contributed by atoms with Crippen molar-refractivity contribution in [3.05, 3.63) is 81.8 Å². The minimum absolute atomic E-state index is 0.0595. The second-order valence-corrected chi connectivity index (χ2v) is 10.1. The summed E-state index contributed by atoms with van der Waals surface area (Å²) in [5, 5.41) is 9.99. The zero-order valence-electron chi connectivity index (χ0n) is 19.8. The SMILES string of the molecule is O=C(O)c1ccc(OCC(C2CCCCC2)n2c(-c3ccc(Cl)cc3)nc3cc(F)c(F)cc32)c(Cl)c1. The molecule has 1 unspecified atom stereocenters. The Morgan fingerprint density at radius 1 is 1.03 bits per heavy atom. The minimum Gasteiger partial charge on any atom is -0.490 e. The molecule has 0 spiro atoms. The molecule has 0 aliphatic heterocycles. The van der Waals surface area contributed by atoms with E-state index in [4.69, 9.17) is 32.9 Å². The van der Waals surface area contributed by atoms with Gasteiger partial charge in [-0.2, -0.15) is 0 Å². The number of carboxylic acids is 1. The fourth-order valence-electron chi connectivity index (χ4n) is 5.10. The van der Waals surface area contributed by atoms with E-state index in [1.165, 1.54) is 24.3 Å². The van der Waals surface area contributed by atoms with Gasteiger partial charge in [0.05, 0.1) is 27.7 Å². The highest BCUT2D eigenvalue weighted by Crippen LogP contribution is 2.39. The van der Waals surface area contributed by atoms with E-state index < -0.39 is 17.6 Å². The molecule has 1 aliphatic carbocycles. The van der Waals surface area contributed by atoms with Crippen LogP contribution in [0.25, 0.3) is 22.4 Å². The average Bonchev–Trinajstić information content (AvgIpc) is 3.24. The summed E-state index contributed by atoms with van der Waals surface area (Å²) in [5.74, 6) is -1.89. The number of benzene rings is 3. The minimum atomic E-state index is -1.08. The maximum atomic E-state index is 14.5. The highest BCUT2D eigenvalue weighted by atomic mass is 35.5. The quantitative estimate of drug-likeness (QED) is 0.254. The first-order valence-electron chi connectivity index (χ1n) is 12.1. The predicted octanol–water partition coefficient (Wildman–Crippen LogP) is 8.19. The molecule has 5 rings (SSSR count). The maximum absolute atomic E-state index is 14.5. The van der Waals surface area contributed by atoms with E-state index in [1.807, 2.05) is 16.7 Å². The number of fused-ring (bicyclic) bond motifs is 1. The first-order chi connectivity index (χ1) is 17.8. The van der Waals surface area contributed by atoms with Gasteiger partial charge >= 0.3 is 5.97 Å². The smallest absolute Gasteiger partial charge is 0.335 e. The molecular weight excluding hydrogens is 521 g/mol. The highest BCUT2D eigenvalue weighted by molar-refractivity contribution is 6.32. The molecule has 1 fully saturated rings. The summed E-state index contributed by atoms with van der Waals surface area (Å²) in [6, 6.07) is 13.5. The lowest BCUT2D eigenvalue weighted by Crippen LogP contribution is -2.28. The van der Waals surface area contributed by atoms with E-state index in [1.54, 1.807) is 12.1 Å². The van der Waals surface area contributed by atoms with E-state index in [-0.39, 0.29) is 29.2 Å². The van der Waals surface area contributed by atoms with Gasteiger partial charge in [-0.1, -0.05) is 42.5 Å². The number of imidazole rings is 1. The maximum Gasteiger partial charge on any atom is 0.335 e. The van der Waals surface area contributed by atoms with Crippen molar-refractivity contribution >= 4 is 40.2 Å². The molecule has 192 valence electrons. The van der Waals surface area contributed by atoms with Crippen molar-refractivity contribution in [1.82, 2.24) is 9.55 Å². The Kier molecular flexibility index (Phi) is 7.36. The lowest BCUT2D eigenvalue weighted by Gasteiger charge is -2.33. The molecule has 0 amide bonds. The molecule has 1 atom stereocenters. The summed E-state index contributed by atoms with van der Waals surface area (Å²) >= 11 is 12.4. The molecule has 37 heavy (non-hydrogen) atoms. The van der Waals surface area contributed by atoms with Crippen LogP contribution in [-0.4, -0.2) is 27.2 Å². The van der Waals surface area contributed by atoms with Crippen molar-refractivity contribution in [2.45, 2.75) is 38.1 Å². The normalized spacial score (nSPS) is 15.1. The number of nitrogens with zero attached hydrogens (tertiary/aromatic N) is 2. The van der Waals surface area contributed by atoms with Gasteiger partial charge in [0.2, 0.25) is 0 Å². The molecule has 9 heteroatoms. The fraction of sp³-hybridized carbons (Fsp3) is 0.286. The zero-order valence-corrected chi connectivity index (χ0v) is 21.3. The van der Waals surface area contributed by atoms with Gasteiger partial charge in [-0.05, 0) is 61.2 Å². The van der Waals surface area contributed by atoms with Gasteiger partial charge in [0.25, 0.3) is 0 Å². The topological polar surface area (TPSA) is 64.3 Å². The number of halogens is 4. The van der Waals surface area contributed by atoms with E-state index >= 15 is 0 Å². The van der Waals surface area contributed by atoms with Crippen molar-refractivity contribution in [2.75, 3.05) is 6.61 Å². The van der Waals surface area contributed by atoms with E-state index in [0.717, 1.165) is 43.7 Å². The Labute approximate surface area is 222 Å². The lowest BCUT2D eigenvalue weighted by molar-refractivity contribution is 0.0697. The first-order valence-corrected chi connectivity index (χ1v) is 12.9. The summed E-state index contributed by atoms with van der Waals surface area (Å²) in [5.41, 5.74) is 1.62. The van der Waals surface area contributed by atoms with Gasteiger partial charge < -0.3 is 14.4 Å². The number of carbonyl (C=O) groups is 1. The van der Waals surface area contributed by atoms with Crippen LogP contribution in [-0.2, 0) is 0 Å². The second-order valence-electron chi connectivity index (χ2n) is 9.29. The van der Waals surface area contributed by atoms with Crippen LogP contribution in [0.5, 0.6) is 5.75 Å². The Morgan fingerprint density at radius 3 is 2.41 bits per heavy atom. The number of hydrogen-bond acceptors (Lipinski definition) is 3. The summed E-state index contributed by atoms with van der Waals surface area (Å²) in [7, 11) is 0. The van der Waals surface area contributed by atoms with Crippen molar-refractivity contribution in [3.63, 3.8) is 0 Å². The Morgan fingerprint density at radius 2 is 1.73 bits per heavy atom. The molecule has 5 nitrogen and oxygen atoms in total. The largest absolute Gasteiger partial charge is 0.490 e. The van der Waals surface area contributed by atoms with Crippen LogP contribution in [0.1, 0.15) is 48.5 Å². The molecule has 1 N–H and O–H groups in total. The Balaban J connectivity index is 1.61. The van der Waals surface area contributed by atoms with Crippen LogP contribution in [0.15, 0.2) is 54.6 Å². The van der Waals surface area contributed by atoms with E-state index in [2.05, 4.69) is 0 Å². The second kappa shape index (κ2) is 10.7. The van der Waals surface area contributed by atoms with Gasteiger partial charge in [0, 0.05) is 22.7 Å². The summed E-state index contributed by atoms with van der Waals surface area (Å²) in [4.78, 5) is 16.0. The number of ether oxygens (including phenoxy) is 1. The molecule has 1 heterocycles. The number of rotatable bonds is 7. The van der Waals surface area contributed by atoms with Gasteiger partial charge in [0.15, 0.2) is 11.6 Å². The third-order valence-electron chi connectivity index (χ3n) is 6.95. The molecule has 0 radical (unpaired) electrons. The third kappa shape index (κ3) is 5.29. The zero-order chi connectivity index (χ0) is 26.1. The molecule has 0 bridgehead atoms. The lowest BCUT2D eigenvalue weighted by atomic mass is 9.83. The van der Waals surface area contributed by atoms with Crippen molar-refractivity contribution in [2.24, 2.45) is 5.92 Å². The molecule has 1 saturated carbocycles. The van der Waals surface area contributed by atoms with Crippen LogP contribution in [0.4, 0.5) is 8.78 Å². The first kappa shape index (κ1) is 25.5. The van der Waals surface area contributed by atoms with Crippen LogP contribution >= 0.6 is 23.2 Å². The highest BCUT2D eigenvalue weighted by Gasteiger charge is 2.30. The number of aromatic carboxylic acids is 1. The average molecular weight is 545 g/mol. The van der Waals surface area contributed by atoms with E-state index in [0.29, 0.717) is 27.6 Å². The third-order valence-corrected chi connectivity index (χ3v) is 7.50. The summed E-state index contributed by atoms with van der Waals surface area (Å²) < 4.78 is 36.8. The van der Waals surface area contributed by atoms with Crippen molar-refractivity contribution in [1.29, 1.82) is 0 Å². The fourth-order valence-corrected chi connectivity index (χ4v) is 5.46. The van der Waals surface area contributed by atoms with Gasteiger partial charge in [-0.3, -0.25) is 0 Å². The summed E-state index contributed by atoms with van der Waals surface area (Å²) in [6.07, 6.45) is 5.15. The van der Waals surface area contributed by atoms with Crippen molar-refractivity contribution in [3.8, 4) is 17.1 Å². The van der Waals surface area contributed by atoms with Crippen molar-refractivity contribution < 1.29 is 23.4 Å². The monoisotopic (exact) mass is 544 g/mol. The van der Waals surface area contributed by atoms with Gasteiger partial charge in [0.1, 0.15) is 18.2 Å². The number of carboxylic acid groups (broad SMARTS) is 1. The molecule has 3 aromatic carbocycles. The van der Waals surface area contributed by atoms with Crippen LogP contribution in [0, 0.1) is 17.6 Å². The molecular formula is C28H24Cl2F2N2O3. The Hall–Kier alpha value is -3.16. The number of hydrogen-bond donors (Lipinski definition) is 1. The molecule has 0 saturated heterocycles. The van der Waals surface area contributed by atoms with Crippen LogP contribution in [0.2, 0.25) is 10.0 Å². The Bertz CT molecular complexity index is 1450. The molecule has 4 aromatic rings. The predicted molar refractivity (Wildman–Crippen MR) is 140 cm³/mol. The van der Waals surface area contributed by atoms with E-state index in [9.17, 15) is 18.7 Å². The standard InChI is InChI=1S/C28H24Cl2F2N2O3/c29-19-9-6-17(7-10-19)27-33-23-13-21(31)22(32)14-24(23)34(27)25(16-4-2-1-3-5-16)15-37-26-11-8-18(28(35)36)12-20(26)30/h6-14,16,25H,1-5,15H2,(H,35,36).